The fourth-order valence-corrected chi connectivity index (χ4v) is 6.00. The minimum absolute atomic E-state index is 0.0579. The van der Waals surface area contributed by atoms with E-state index in [1.54, 1.807) is 25.6 Å². The average Bonchev–Trinajstić information content (AvgIpc) is 3.26. The summed E-state index contributed by atoms with van der Waals surface area (Å²) < 4.78 is 34.4. The lowest BCUT2D eigenvalue weighted by Gasteiger charge is -2.31. The van der Waals surface area contributed by atoms with Gasteiger partial charge in [-0.05, 0) is 37.5 Å². The van der Waals surface area contributed by atoms with Crippen LogP contribution in [0.5, 0.6) is 0 Å². The summed E-state index contributed by atoms with van der Waals surface area (Å²) in [4.78, 5) is 18.5. The van der Waals surface area contributed by atoms with Gasteiger partial charge in [0.25, 0.3) is 10.0 Å². The number of methoxy groups -OCH3 is 1. The number of hydrogen-bond donors (Lipinski definition) is 1. The summed E-state index contributed by atoms with van der Waals surface area (Å²) in [6.07, 6.45) is 3.77. The fraction of sp³-hybridized carbons (Fsp3) is 0.750. The summed E-state index contributed by atoms with van der Waals surface area (Å²) in [5.74, 6) is 2.01. The third-order valence-electron chi connectivity index (χ3n) is 6.18. The van der Waals surface area contributed by atoms with Crippen molar-refractivity contribution >= 4 is 15.9 Å². The van der Waals surface area contributed by atoms with E-state index >= 15 is 0 Å². The van der Waals surface area contributed by atoms with E-state index in [0.29, 0.717) is 23.6 Å². The standard InChI is InChI=1S/C16H24N4O4S/c1-9-18-13(8-19(9)2)25(22,23)17-6-14(21)20-7-11-4-10-5-12(11)15(20)16(10)24-3/h8,10-12,15-17H,4-7H2,1-3H3. The zero-order valence-electron chi connectivity index (χ0n) is 14.7. The largest absolute Gasteiger partial charge is 0.379 e. The van der Waals surface area contributed by atoms with Crippen LogP contribution in [0.25, 0.3) is 0 Å². The van der Waals surface area contributed by atoms with Crippen molar-refractivity contribution in [3.63, 3.8) is 0 Å². The van der Waals surface area contributed by atoms with Gasteiger partial charge in [0.1, 0.15) is 5.82 Å². The van der Waals surface area contributed by atoms with Gasteiger partial charge in [0.2, 0.25) is 5.91 Å². The van der Waals surface area contributed by atoms with E-state index in [2.05, 4.69) is 9.71 Å². The number of aryl methyl sites for hydroxylation is 2. The Balaban J connectivity index is 1.44. The van der Waals surface area contributed by atoms with Crippen molar-refractivity contribution in [2.75, 3.05) is 20.2 Å². The second-order valence-corrected chi connectivity index (χ2v) is 9.17. The minimum Gasteiger partial charge on any atom is -0.379 e. The van der Waals surface area contributed by atoms with Crippen LogP contribution in [0, 0.1) is 24.7 Å². The van der Waals surface area contributed by atoms with Crippen LogP contribution in [0.1, 0.15) is 18.7 Å². The van der Waals surface area contributed by atoms with Crippen LogP contribution in [-0.2, 0) is 26.6 Å². The number of nitrogens with zero attached hydrogens (tertiary/aromatic N) is 3. The smallest absolute Gasteiger partial charge is 0.260 e. The molecule has 1 amide bonds. The molecule has 2 aliphatic carbocycles. The van der Waals surface area contributed by atoms with Crippen molar-refractivity contribution in [2.24, 2.45) is 24.8 Å². The van der Waals surface area contributed by atoms with Crippen molar-refractivity contribution in [3.8, 4) is 0 Å². The molecule has 2 heterocycles. The molecule has 3 aliphatic rings. The molecule has 0 aromatic carbocycles. The molecule has 25 heavy (non-hydrogen) atoms. The number of hydrogen-bond acceptors (Lipinski definition) is 5. The number of likely N-dealkylation sites (tertiary alicyclic amines) is 1. The predicted molar refractivity (Wildman–Crippen MR) is 89.1 cm³/mol. The minimum atomic E-state index is -3.79. The highest BCUT2D eigenvalue weighted by molar-refractivity contribution is 7.89. The fourth-order valence-electron chi connectivity index (χ4n) is 4.99. The number of fused-ring (bicyclic) bond motifs is 1. The number of carbonyl (C=O) groups is 1. The number of sulfonamides is 1. The van der Waals surface area contributed by atoms with Crippen LogP contribution >= 0.6 is 0 Å². The molecule has 1 saturated heterocycles. The third kappa shape index (κ3) is 2.60. The molecule has 1 aliphatic heterocycles. The summed E-state index contributed by atoms with van der Waals surface area (Å²) >= 11 is 0. The maximum Gasteiger partial charge on any atom is 0.260 e. The molecular formula is C16H24N4O4S. The van der Waals surface area contributed by atoms with Crippen molar-refractivity contribution in [2.45, 2.75) is 36.9 Å². The molecule has 138 valence electrons. The molecule has 9 heteroatoms. The van der Waals surface area contributed by atoms with Crippen LogP contribution in [-0.4, -0.2) is 61.1 Å². The molecule has 0 spiro atoms. The van der Waals surface area contributed by atoms with Crippen LogP contribution in [0.3, 0.4) is 0 Å². The van der Waals surface area contributed by atoms with E-state index in [1.807, 2.05) is 4.90 Å². The van der Waals surface area contributed by atoms with Gasteiger partial charge in [-0.2, -0.15) is 0 Å². The van der Waals surface area contributed by atoms with E-state index < -0.39 is 10.0 Å². The van der Waals surface area contributed by atoms with E-state index in [-0.39, 0.29) is 29.6 Å². The van der Waals surface area contributed by atoms with Crippen LogP contribution < -0.4 is 4.72 Å². The molecule has 3 fully saturated rings. The van der Waals surface area contributed by atoms with Gasteiger partial charge in [0.05, 0.1) is 18.7 Å². The Labute approximate surface area is 147 Å². The maximum absolute atomic E-state index is 12.7. The highest BCUT2D eigenvalue weighted by Gasteiger charge is 2.60. The normalized spacial score (nSPS) is 33.4. The zero-order chi connectivity index (χ0) is 17.9. The van der Waals surface area contributed by atoms with Crippen LogP contribution in [0.15, 0.2) is 11.2 Å². The summed E-state index contributed by atoms with van der Waals surface area (Å²) in [6.45, 7) is 2.20. The Morgan fingerprint density at radius 2 is 2.16 bits per heavy atom. The van der Waals surface area contributed by atoms with E-state index in [9.17, 15) is 13.2 Å². The van der Waals surface area contributed by atoms with Crippen molar-refractivity contribution in [1.29, 1.82) is 0 Å². The highest BCUT2D eigenvalue weighted by atomic mass is 32.2. The maximum atomic E-state index is 12.7. The average molecular weight is 368 g/mol. The Morgan fingerprint density at radius 3 is 2.80 bits per heavy atom. The van der Waals surface area contributed by atoms with Crippen molar-refractivity contribution < 1.29 is 17.9 Å². The van der Waals surface area contributed by atoms with Gasteiger partial charge in [0, 0.05) is 26.9 Å². The molecule has 2 bridgehead atoms. The monoisotopic (exact) mass is 368 g/mol. The molecule has 8 nitrogen and oxygen atoms in total. The van der Waals surface area contributed by atoms with E-state index in [1.165, 1.54) is 6.20 Å². The quantitative estimate of drug-likeness (QED) is 0.783. The first-order valence-corrected chi connectivity index (χ1v) is 10.1. The Kier molecular flexibility index (Phi) is 3.93. The Hall–Kier alpha value is -1.45. The number of aromatic nitrogens is 2. The van der Waals surface area contributed by atoms with Gasteiger partial charge in [-0.1, -0.05) is 0 Å². The van der Waals surface area contributed by atoms with E-state index in [4.69, 9.17) is 4.74 Å². The molecule has 5 atom stereocenters. The summed E-state index contributed by atoms with van der Waals surface area (Å²) in [5, 5.41) is -0.0579. The summed E-state index contributed by atoms with van der Waals surface area (Å²) in [6, 6.07) is 0.0999. The lowest BCUT2D eigenvalue weighted by Crippen LogP contribution is -2.48. The molecule has 4 rings (SSSR count). The summed E-state index contributed by atoms with van der Waals surface area (Å²) in [5.41, 5.74) is 0. The first-order valence-electron chi connectivity index (χ1n) is 8.63. The van der Waals surface area contributed by atoms with Gasteiger partial charge in [0.15, 0.2) is 5.03 Å². The lowest BCUT2D eigenvalue weighted by molar-refractivity contribution is -0.133. The number of carbonyl (C=O) groups excluding carboxylic acids is 1. The van der Waals surface area contributed by atoms with Gasteiger partial charge < -0.3 is 14.2 Å². The third-order valence-corrected chi connectivity index (χ3v) is 7.46. The topological polar surface area (TPSA) is 93.5 Å². The molecular weight excluding hydrogens is 344 g/mol. The van der Waals surface area contributed by atoms with Crippen molar-refractivity contribution in [1.82, 2.24) is 19.2 Å². The number of imidazole rings is 1. The molecule has 1 N–H and O–H groups in total. The first kappa shape index (κ1) is 17.0. The molecule has 0 radical (unpaired) electrons. The van der Waals surface area contributed by atoms with Gasteiger partial charge >= 0.3 is 0 Å². The molecule has 1 aromatic heterocycles. The van der Waals surface area contributed by atoms with Gasteiger partial charge in [-0.3, -0.25) is 4.79 Å². The van der Waals surface area contributed by atoms with E-state index in [0.717, 1.165) is 19.4 Å². The van der Waals surface area contributed by atoms with Crippen LogP contribution in [0.4, 0.5) is 0 Å². The first-order chi connectivity index (χ1) is 11.8. The highest BCUT2D eigenvalue weighted by Crippen LogP contribution is 2.55. The zero-order valence-corrected chi connectivity index (χ0v) is 15.5. The molecule has 5 unspecified atom stereocenters. The second-order valence-electron chi connectivity index (χ2n) is 7.45. The lowest BCUT2D eigenvalue weighted by atomic mass is 9.88. The molecule has 2 saturated carbocycles. The van der Waals surface area contributed by atoms with Crippen molar-refractivity contribution in [3.05, 3.63) is 12.0 Å². The van der Waals surface area contributed by atoms with Crippen LogP contribution in [0.2, 0.25) is 0 Å². The predicted octanol–water partition coefficient (Wildman–Crippen LogP) is -0.111. The summed E-state index contributed by atoms with van der Waals surface area (Å²) in [7, 11) is -0.360. The number of nitrogens with one attached hydrogen (secondary N) is 1. The second kappa shape index (κ2) is 5.78. The van der Waals surface area contributed by atoms with Gasteiger partial charge in [-0.25, -0.2) is 18.1 Å². The molecule has 1 aromatic rings. The SMILES string of the molecule is COC1C2CC3CN(C(=O)CNS(=O)(=O)c4cn(C)c(C)n4)C1C3C2. The van der Waals surface area contributed by atoms with Gasteiger partial charge in [-0.15, -0.1) is 0 Å². The number of amides is 1. The Bertz CT molecular complexity index is 784. The number of ether oxygens (including phenoxy) is 1. The Morgan fingerprint density at radius 1 is 1.40 bits per heavy atom. The number of rotatable bonds is 5.